The third-order valence-electron chi connectivity index (χ3n) is 2.46. The van der Waals surface area contributed by atoms with Crippen molar-refractivity contribution in [3.05, 3.63) is 35.4 Å². The molecule has 1 aromatic carbocycles. The summed E-state index contributed by atoms with van der Waals surface area (Å²) in [5.74, 6) is 0.403. The lowest BCUT2D eigenvalue weighted by molar-refractivity contribution is 0.471. The molecule has 1 aromatic rings. The van der Waals surface area contributed by atoms with Gasteiger partial charge >= 0.3 is 0 Å². The minimum Gasteiger partial charge on any atom is -0.508 e. The van der Waals surface area contributed by atoms with Crippen LogP contribution in [0, 0.1) is 6.92 Å². The second kappa shape index (κ2) is 2.67. The van der Waals surface area contributed by atoms with E-state index < -0.39 is 0 Å². The molecule has 0 unspecified atom stereocenters. The molecule has 62 valence electrons. The molecule has 0 bridgehead atoms. The first-order valence-corrected chi connectivity index (χ1v) is 4.27. The molecule has 0 aromatic heterocycles. The summed E-state index contributed by atoms with van der Waals surface area (Å²) >= 11 is 0. The van der Waals surface area contributed by atoms with Gasteiger partial charge in [-0.05, 0) is 42.5 Å². The molecule has 1 aliphatic rings. The van der Waals surface area contributed by atoms with Gasteiger partial charge in [0.1, 0.15) is 5.75 Å². The zero-order valence-corrected chi connectivity index (χ0v) is 7.17. The summed E-state index contributed by atoms with van der Waals surface area (Å²) in [5, 5.41) is 9.44. The van der Waals surface area contributed by atoms with E-state index in [1.807, 2.05) is 13.0 Å². The van der Waals surface area contributed by atoms with E-state index >= 15 is 0 Å². The van der Waals surface area contributed by atoms with E-state index in [9.17, 15) is 5.11 Å². The van der Waals surface area contributed by atoms with Gasteiger partial charge in [-0.3, -0.25) is 0 Å². The number of hydrogen-bond donors (Lipinski definition) is 1. The third-order valence-corrected chi connectivity index (χ3v) is 2.46. The molecule has 0 heterocycles. The van der Waals surface area contributed by atoms with Gasteiger partial charge in [-0.15, -0.1) is 0 Å². The predicted molar refractivity (Wildman–Crippen MR) is 50.1 cm³/mol. The molecule has 0 fully saturated rings. The van der Waals surface area contributed by atoms with Crippen LogP contribution in [0.5, 0.6) is 5.75 Å². The summed E-state index contributed by atoms with van der Waals surface area (Å²) < 4.78 is 0. The van der Waals surface area contributed by atoms with E-state index in [4.69, 9.17) is 0 Å². The number of hydrogen-bond acceptors (Lipinski definition) is 1. The van der Waals surface area contributed by atoms with Crippen molar-refractivity contribution < 1.29 is 5.11 Å². The fourth-order valence-corrected chi connectivity index (χ4v) is 1.50. The summed E-state index contributed by atoms with van der Waals surface area (Å²) in [6.45, 7) is 1.96. The molecule has 0 saturated heterocycles. The molecule has 2 rings (SSSR count). The van der Waals surface area contributed by atoms with Crippen LogP contribution in [-0.4, -0.2) is 5.11 Å². The maximum Gasteiger partial charge on any atom is 0.119 e. The van der Waals surface area contributed by atoms with Crippen molar-refractivity contribution in [3.8, 4) is 5.75 Å². The topological polar surface area (TPSA) is 20.2 Å². The van der Waals surface area contributed by atoms with Gasteiger partial charge < -0.3 is 5.11 Å². The summed E-state index contributed by atoms with van der Waals surface area (Å²) in [4.78, 5) is 0. The van der Waals surface area contributed by atoms with Crippen LogP contribution in [0.25, 0.3) is 5.57 Å². The first-order valence-electron chi connectivity index (χ1n) is 4.27. The van der Waals surface area contributed by atoms with Gasteiger partial charge in [0.2, 0.25) is 0 Å². The van der Waals surface area contributed by atoms with E-state index in [0.29, 0.717) is 5.75 Å². The highest BCUT2D eigenvalue weighted by Crippen LogP contribution is 2.33. The fraction of sp³-hybridized carbons (Fsp3) is 0.273. The van der Waals surface area contributed by atoms with E-state index in [0.717, 1.165) is 12.0 Å². The molecule has 0 atom stereocenters. The van der Waals surface area contributed by atoms with Gasteiger partial charge in [-0.2, -0.15) is 0 Å². The molecule has 1 heteroatoms. The lowest BCUT2D eigenvalue weighted by Gasteiger charge is -2.17. The van der Waals surface area contributed by atoms with E-state index in [1.54, 1.807) is 6.07 Å². The van der Waals surface area contributed by atoms with Crippen LogP contribution in [0.15, 0.2) is 24.3 Å². The molecular weight excluding hydrogens is 148 g/mol. The number of benzene rings is 1. The minimum absolute atomic E-state index is 0.403. The second-order valence-corrected chi connectivity index (χ2v) is 3.22. The fourth-order valence-electron chi connectivity index (χ4n) is 1.50. The van der Waals surface area contributed by atoms with Crippen molar-refractivity contribution in [2.24, 2.45) is 0 Å². The molecule has 0 amide bonds. The van der Waals surface area contributed by atoms with E-state index in [-0.39, 0.29) is 0 Å². The van der Waals surface area contributed by atoms with Gasteiger partial charge in [0.15, 0.2) is 0 Å². The van der Waals surface area contributed by atoms with Crippen LogP contribution in [0.2, 0.25) is 0 Å². The van der Waals surface area contributed by atoms with Crippen LogP contribution >= 0.6 is 0 Å². The lowest BCUT2D eigenvalue weighted by atomic mass is 9.89. The summed E-state index contributed by atoms with van der Waals surface area (Å²) in [5.41, 5.74) is 3.59. The monoisotopic (exact) mass is 160 g/mol. The summed E-state index contributed by atoms with van der Waals surface area (Å²) in [6.07, 6.45) is 4.57. The molecule has 0 spiro atoms. The zero-order chi connectivity index (χ0) is 8.55. The zero-order valence-electron chi connectivity index (χ0n) is 7.17. The largest absolute Gasteiger partial charge is 0.508 e. The quantitative estimate of drug-likeness (QED) is 0.669. The van der Waals surface area contributed by atoms with Crippen molar-refractivity contribution in [2.45, 2.75) is 19.8 Å². The number of phenols is 1. The highest BCUT2D eigenvalue weighted by molar-refractivity contribution is 5.73. The molecule has 12 heavy (non-hydrogen) atoms. The van der Waals surface area contributed by atoms with Crippen molar-refractivity contribution >= 4 is 5.57 Å². The number of rotatable bonds is 1. The minimum atomic E-state index is 0.403. The van der Waals surface area contributed by atoms with Gasteiger partial charge in [-0.25, -0.2) is 0 Å². The van der Waals surface area contributed by atoms with Crippen molar-refractivity contribution in [1.82, 2.24) is 0 Å². The van der Waals surface area contributed by atoms with Gasteiger partial charge in [-0.1, -0.05) is 18.2 Å². The molecule has 1 N–H and O–H groups in total. The molecule has 0 saturated carbocycles. The summed E-state index contributed by atoms with van der Waals surface area (Å²) in [6, 6.07) is 5.70. The van der Waals surface area contributed by atoms with Crippen molar-refractivity contribution in [3.63, 3.8) is 0 Å². The molecule has 0 radical (unpaired) electrons. The van der Waals surface area contributed by atoms with Crippen LogP contribution in [0.1, 0.15) is 24.0 Å². The smallest absolute Gasteiger partial charge is 0.119 e. The van der Waals surface area contributed by atoms with Crippen LogP contribution < -0.4 is 0 Å². The standard InChI is InChI=1S/C11H12O/c1-8-10(9-4-2-5-9)6-3-7-11(8)12/h3-4,6-7,12H,2,5H2,1H3. The Bertz CT molecular complexity index is 337. The average Bonchev–Trinajstić information content (AvgIpc) is 1.95. The molecule has 0 aliphatic heterocycles. The lowest BCUT2D eigenvalue weighted by Crippen LogP contribution is -1.95. The summed E-state index contributed by atoms with van der Waals surface area (Å²) in [7, 11) is 0. The first kappa shape index (κ1) is 7.41. The Labute approximate surface area is 72.4 Å². The normalized spacial score (nSPS) is 15.2. The highest BCUT2D eigenvalue weighted by Gasteiger charge is 2.11. The maximum absolute atomic E-state index is 9.44. The Kier molecular flexibility index (Phi) is 1.65. The Morgan fingerprint density at radius 3 is 2.67 bits per heavy atom. The number of allylic oxidation sites excluding steroid dienone is 2. The second-order valence-electron chi connectivity index (χ2n) is 3.22. The first-order chi connectivity index (χ1) is 5.79. The van der Waals surface area contributed by atoms with E-state index in [2.05, 4.69) is 12.1 Å². The predicted octanol–water partition coefficient (Wildman–Crippen LogP) is 2.88. The Hall–Kier alpha value is -1.24. The van der Waals surface area contributed by atoms with Gasteiger partial charge in [0.05, 0.1) is 0 Å². The molecular formula is C11H12O. The van der Waals surface area contributed by atoms with Crippen LogP contribution in [-0.2, 0) is 0 Å². The Balaban J connectivity index is 2.50. The highest BCUT2D eigenvalue weighted by atomic mass is 16.3. The van der Waals surface area contributed by atoms with E-state index in [1.165, 1.54) is 17.6 Å². The molecule has 1 aliphatic carbocycles. The van der Waals surface area contributed by atoms with Gasteiger partial charge in [0.25, 0.3) is 0 Å². The van der Waals surface area contributed by atoms with Crippen LogP contribution in [0.4, 0.5) is 0 Å². The van der Waals surface area contributed by atoms with Crippen molar-refractivity contribution in [2.75, 3.05) is 0 Å². The van der Waals surface area contributed by atoms with Gasteiger partial charge in [0, 0.05) is 0 Å². The number of aromatic hydroxyl groups is 1. The third kappa shape index (κ3) is 1.02. The Morgan fingerprint density at radius 1 is 1.33 bits per heavy atom. The van der Waals surface area contributed by atoms with Crippen molar-refractivity contribution in [1.29, 1.82) is 0 Å². The molecule has 1 nitrogen and oxygen atoms in total. The SMILES string of the molecule is Cc1c(O)cccc1C1=CCC1. The Morgan fingerprint density at radius 2 is 2.08 bits per heavy atom. The average molecular weight is 160 g/mol. The van der Waals surface area contributed by atoms with Crippen LogP contribution in [0.3, 0.4) is 0 Å². The number of phenolic OH excluding ortho intramolecular Hbond substituents is 1. The maximum atomic E-state index is 9.44.